The number of thiophene rings is 1. The maximum absolute atomic E-state index is 14.5. The standard InChI is InChI=1S/C22H23BrFN5OS/c1-14-19(24)20(28-22(27-14)29-8-2-3-9-29)25-11-15-4-6-16(7-5-15)21(30)26-12-18-10-17(23)13-31-18/h4-7,10,13H,2-3,8-9,11-12H2,1H3,(H,26,30)(H,25,27,28). The van der Waals surface area contributed by atoms with Crippen molar-refractivity contribution in [3.63, 3.8) is 0 Å². The summed E-state index contributed by atoms with van der Waals surface area (Å²) >= 11 is 5.00. The number of amides is 1. The maximum atomic E-state index is 14.5. The van der Waals surface area contributed by atoms with Gasteiger partial charge in [-0.1, -0.05) is 12.1 Å². The minimum Gasteiger partial charge on any atom is -0.363 e. The van der Waals surface area contributed by atoms with Crippen LogP contribution in [0.15, 0.2) is 40.2 Å². The second-order valence-corrected chi connectivity index (χ2v) is 9.34. The van der Waals surface area contributed by atoms with Gasteiger partial charge in [0.15, 0.2) is 11.6 Å². The SMILES string of the molecule is Cc1nc(N2CCCC2)nc(NCc2ccc(C(=O)NCc3cc(Br)cs3)cc2)c1F. The highest BCUT2D eigenvalue weighted by Crippen LogP contribution is 2.22. The van der Waals surface area contributed by atoms with Crippen LogP contribution < -0.4 is 15.5 Å². The average molecular weight is 504 g/mol. The molecule has 1 aliphatic rings. The summed E-state index contributed by atoms with van der Waals surface area (Å²) < 4.78 is 15.5. The summed E-state index contributed by atoms with van der Waals surface area (Å²) in [4.78, 5) is 24.2. The lowest BCUT2D eigenvalue weighted by molar-refractivity contribution is 0.0951. The number of nitrogens with one attached hydrogen (secondary N) is 2. The summed E-state index contributed by atoms with van der Waals surface area (Å²) in [5.41, 5.74) is 1.85. The Hall–Kier alpha value is -2.52. The molecule has 0 spiro atoms. The Morgan fingerprint density at radius 2 is 1.94 bits per heavy atom. The van der Waals surface area contributed by atoms with Gasteiger partial charge in [-0.25, -0.2) is 9.37 Å². The van der Waals surface area contributed by atoms with Crippen molar-refractivity contribution in [3.8, 4) is 0 Å². The predicted octanol–water partition coefficient (Wildman–Crippen LogP) is 4.89. The van der Waals surface area contributed by atoms with Crippen LogP contribution in [0.5, 0.6) is 0 Å². The largest absolute Gasteiger partial charge is 0.363 e. The first kappa shape index (κ1) is 21.7. The first-order valence-corrected chi connectivity index (χ1v) is 11.8. The Kier molecular flexibility index (Phi) is 6.82. The normalized spacial score (nSPS) is 13.5. The first-order valence-electron chi connectivity index (χ1n) is 10.1. The number of aromatic nitrogens is 2. The van der Waals surface area contributed by atoms with Crippen LogP contribution >= 0.6 is 27.3 Å². The number of hydrogen-bond acceptors (Lipinski definition) is 6. The molecule has 31 heavy (non-hydrogen) atoms. The molecule has 1 amide bonds. The number of hydrogen-bond donors (Lipinski definition) is 2. The van der Waals surface area contributed by atoms with Crippen molar-refractivity contribution < 1.29 is 9.18 Å². The summed E-state index contributed by atoms with van der Waals surface area (Å²) in [6.07, 6.45) is 2.21. The number of halogens is 2. The van der Waals surface area contributed by atoms with Gasteiger partial charge in [-0.2, -0.15) is 4.98 Å². The van der Waals surface area contributed by atoms with Gasteiger partial charge in [0.05, 0.1) is 12.2 Å². The van der Waals surface area contributed by atoms with Gasteiger partial charge >= 0.3 is 0 Å². The summed E-state index contributed by atoms with van der Waals surface area (Å²) in [5.74, 6) is 0.220. The third-order valence-corrected chi connectivity index (χ3v) is 6.81. The monoisotopic (exact) mass is 503 g/mol. The topological polar surface area (TPSA) is 70.2 Å². The Labute approximate surface area is 193 Å². The molecule has 3 heterocycles. The van der Waals surface area contributed by atoms with Crippen molar-refractivity contribution in [2.75, 3.05) is 23.3 Å². The van der Waals surface area contributed by atoms with Gasteiger partial charge in [-0.05, 0) is 59.5 Å². The zero-order chi connectivity index (χ0) is 21.8. The second-order valence-electron chi connectivity index (χ2n) is 7.43. The summed E-state index contributed by atoms with van der Waals surface area (Å²) in [6, 6.07) is 9.25. The second kappa shape index (κ2) is 9.74. The van der Waals surface area contributed by atoms with Crippen LogP contribution in [0.4, 0.5) is 16.2 Å². The van der Waals surface area contributed by atoms with E-state index in [1.807, 2.05) is 23.6 Å². The lowest BCUT2D eigenvalue weighted by atomic mass is 10.1. The van der Waals surface area contributed by atoms with E-state index >= 15 is 0 Å². The molecule has 1 aromatic carbocycles. The lowest BCUT2D eigenvalue weighted by Gasteiger charge is -2.17. The van der Waals surface area contributed by atoms with Gasteiger partial charge in [-0.15, -0.1) is 11.3 Å². The molecule has 3 aromatic rings. The molecule has 6 nitrogen and oxygen atoms in total. The molecular weight excluding hydrogens is 481 g/mol. The van der Waals surface area contributed by atoms with Crippen LogP contribution in [-0.4, -0.2) is 29.0 Å². The van der Waals surface area contributed by atoms with Gasteiger partial charge in [0.25, 0.3) is 5.91 Å². The lowest BCUT2D eigenvalue weighted by Crippen LogP contribution is -2.22. The van der Waals surface area contributed by atoms with E-state index < -0.39 is 5.82 Å². The highest BCUT2D eigenvalue weighted by molar-refractivity contribution is 9.10. The number of anilines is 2. The highest BCUT2D eigenvalue weighted by atomic mass is 79.9. The molecule has 1 fully saturated rings. The fraction of sp³-hybridized carbons (Fsp3) is 0.318. The number of aryl methyl sites for hydroxylation is 1. The van der Waals surface area contributed by atoms with Crippen LogP contribution in [0.2, 0.25) is 0 Å². The number of carbonyl (C=O) groups excluding carboxylic acids is 1. The summed E-state index contributed by atoms with van der Waals surface area (Å²) in [5, 5.41) is 7.98. The molecule has 0 unspecified atom stereocenters. The van der Waals surface area contributed by atoms with Gasteiger partial charge < -0.3 is 15.5 Å². The molecule has 0 aliphatic carbocycles. The molecule has 0 radical (unpaired) electrons. The Balaban J connectivity index is 1.36. The van der Waals surface area contributed by atoms with E-state index in [1.165, 1.54) is 0 Å². The van der Waals surface area contributed by atoms with Crippen LogP contribution in [0.25, 0.3) is 0 Å². The van der Waals surface area contributed by atoms with Gasteiger partial charge in [0, 0.05) is 39.9 Å². The van der Waals surface area contributed by atoms with Crippen molar-refractivity contribution in [1.29, 1.82) is 0 Å². The van der Waals surface area contributed by atoms with E-state index in [1.54, 1.807) is 30.4 Å². The number of benzene rings is 1. The van der Waals surface area contributed by atoms with Gasteiger partial charge in [0.1, 0.15) is 0 Å². The Morgan fingerprint density at radius 3 is 2.61 bits per heavy atom. The first-order chi connectivity index (χ1) is 15.0. The van der Waals surface area contributed by atoms with Crippen LogP contribution in [-0.2, 0) is 13.1 Å². The predicted molar refractivity (Wildman–Crippen MR) is 125 cm³/mol. The minimum absolute atomic E-state index is 0.128. The maximum Gasteiger partial charge on any atom is 0.251 e. The van der Waals surface area contributed by atoms with Crippen LogP contribution in [0.1, 0.15) is 39.3 Å². The molecule has 9 heteroatoms. The van der Waals surface area contributed by atoms with Crippen molar-refractivity contribution in [1.82, 2.24) is 15.3 Å². The highest BCUT2D eigenvalue weighted by Gasteiger charge is 2.19. The number of rotatable bonds is 7. The quantitative estimate of drug-likeness (QED) is 0.480. The third-order valence-electron chi connectivity index (χ3n) is 5.11. The zero-order valence-electron chi connectivity index (χ0n) is 17.1. The summed E-state index contributed by atoms with van der Waals surface area (Å²) in [6.45, 7) is 4.35. The van der Waals surface area contributed by atoms with E-state index in [0.717, 1.165) is 40.8 Å². The van der Waals surface area contributed by atoms with Crippen molar-refractivity contribution in [3.05, 3.63) is 67.7 Å². The van der Waals surface area contributed by atoms with E-state index in [0.29, 0.717) is 30.3 Å². The minimum atomic E-state index is -0.431. The summed E-state index contributed by atoms with van der Waals surface area (Å²) in [7, 11) is 0. The molecule has 0 bridgehead atoms. The average Bonchev–Trinajstić information content (AvgIpc) is 3.45. The molecule has 162 valence electrons. The molecule has 0 saturated carbocycles. The van der Waals surface area contributed by atoms with E-state index in [-0.39, 0.29) is 11.7 Å². The molecule has 1 aliphatic heterocycles. The number of carbonyl (C=O) groups is 1. The van der Waals surface area contributed by atoms with Crippen LogP contribution in [0.3, 0.4) is 0 Å². The zero-order valence-corrected chi connectivity index (χ0v) is 19.5. The van der Waals surface area contributed by atoms with Crippen molar-refractivity contribution >= 4 is 44.9 Å². The third kappa shape index (κ3) is 5.40. The molecule has 0 atom stereocenters. The fourth-order valence-corrected chi connectivity index (χ4v) is 4.79. The van der Waals surface area contributed by atoms with E-state index in [2.05, 4.69) is 41.4 Å². The van der Waals surface area contributed by atoms with Crippen molar-refractivity contribution in [2.24, 2.45) is 0 Å². The fourth-order valence-electron chi connectivity index (χ4n) is 3.40. The Morgan fingerprint density at radius 1 is 1.19 bits per heavy atom. The molecule has 2 N–H and O–H groups in total. The molecular formula is C22H23BrFN5OS. The van der Waals surface area contributed by atoms with Gasteiger partial charge in [-0.3, -0.25) is 4.79 Å². The molecule has 1 saturated heterocycles. The van der Waals surface area contributed by atoms with Crippen molar-refractivity contribution in [2.45, 2.75) is 32.9 Å². The van der Waals surface area contributed by atoms with E-state index in [4.69, 9.17) is 0 Å². The number of nitrogens with zero attached hydrogens (tertiary/aromatic N) is 3. The Bertz CT molecular complexity index is 1070. The van der Waals surface area contributed by atoms with E-state index in [9.17, 15) is 9.18 Å². The molecule has 2 aromatic heterocycles. The van der Waals surface area contributed by atoms with Gasteiger partial charge in [0.2, 0.25) is 5.95 Å². The molecule has 4 rings (SSSR count). The smallest absolute Gasteiger partial charge is 0.251 e. The van der Waals surface area contributed by atoms with Crippen LogP contribution in [0, 0.1) is 12.7 Å².